The molecule has 0 saturated heterocycles. The first kappa shape index (κ1) is 11.0. The molecule has 3 heteroatoms. The molecule has 1 heterocycles. The van der Waals surface area contributed by atoms with E-state index in [4.69, 9.17) is 5.11 Å². The van der Waals surface area contributed by atoms with E-state index >= 15 is 0 Å². The molecule has 0 saturated carbocycles. The lowest BCUT2D eigenvalue weighted by Crippen LogP contribution is -1.89. The average molecular weight is 254 g/mol. The Morgan fingerprint density at radius 1 is 0.944 bits per heavy atom. The van der Waals surface area contributed by atoms with E-state index in [2.05, 4.69) is 0 Å². The fraction of sp³-hybridized carbons (Fsp3) is 0. The van der Waals surface area contributed by atoms with E-state index in [-0.39, 0.29) is 0 Å². The van der Waals surface area contributed by atoms with Crippen LogP contribution in [0.3, 0.4) is 0 Å². The third-order valence-electron chi connectivity index (χ3n) is 2.83. The summed E-state index contributed by atoms with van der Waals surface area (Å²) in [6.07, 6.45) is 0. The number of carbonyl (C=O) groups is 1. The van der Waals surface area contributed by atoms with Gasteiger partial charge in [0, 0.05) is 4.70 Å². The van der Waals surface area contributed by atoms with Crippen LogP contribution in [0.25, 0.3) is 21.2 Å². The highest BCUT2D eigenvalue weighted by Crippen LogP contribution is 2.30. The number of fused-ring (bicyclic) bond motifs is 1. The minimum Gasteiger partial charge on any atom is -0.477 e. The third-order valence-corrected chi connectivity index (χ3v) is 3.94. The van der Waals surface area contributed by atoms with Crippen molar-refractivity contribution >= 4 is 27.4 Å². The molecule has 3 aromatic rings. The lowest BCUT2D eigenvalue weighted by atomic mass is 10.0. The largest absolute Gasteiger partial charge is 0.477 e. The van der Waals surface area contributed by atoms with Crippen molar-refractivity contribution in [1.82, 2.24) is 0 Å². The second-order valence-electron chi connectivity index (χ2n) is 4.03. The van der Waals surface area contributed by atoms with E-state index in [1.807, 2.05) is 48.5 Å². The van der Waals surface area contributed by atoms with Crippen molar-refractivity contribution in [2.75, 3.05) is 0 Å². The molecular weight excluding hydrogens is 244 g/mol. The molecule has 0 amide bonds. The summed E-state index contributed by atoms with van der Waals surface area (Å²) >= 11 is 1.31. The summed E-state index contributed by atoms with van der Waals surface area (Å²) in [5.74, 6) is -0.863. The summed E-state index contributed by atoms with van der Waals surface area (Å²) in [6.45, 7) is 0. The van der Waals surface area contributed by atoms with Gasteiger partial charge in [-0.25, -0.2) is 4.79 Å². The molecule has 0 aliphatic heterocycles. The Balaban J connectivity index is 2.14. The number of carboxylic acid groups (broad SMARTS) is 1. The van der Waals surface area contributed by atoms with Gasteiger partial charge in [0.2, 0.25) is 0 Å². The van der Waals surface area contributed by atoms with Crippen molar-refractivity contribution in [3.63, 3.8) is 0 Å². The number of benzene rings is 2. The maximum absolute atomic E-state index is 10.9. The summed E-state index contributed by atoms with van der Waals surface area (Å²) in [5, 5.41) is 9.97. The fourth-order valence-corrected chi connectivity index (χ4v) is 2.84. The quantitative estimate of drug-likeness (QED) is 0.741. The van der Waals surface area contributed by atoms with Gasteiger partial charge in [0.1, 0.15) is 4.88 Å². The van der Waals surface area contributed by atoms with E-state index in [1.165, 1.54) is 11.3 Å². The molecule has 0 unspecified atom stereocenters. The molecule has 2 nitrogen and oxygen atoms in total. The van der Waals surface area contributed by atoms with Gasteiger partial charge in [-0.05, 0) is 34.7 Å². The zero-order valence-electron chi connectivity index (χ0n) is 9.46. The van der Waals surface area contributed by atoms with Crippen LogP contribution in [-0.4, -0.2) is 11.1 Å². The lowest BCUT2D eigenvalue weighted by Gasteiger charge is -2.00. The van der Waals surface area contributed by atoms with Gasteiger partial charge in [-0.3, -0.25) is 0 Å². The van der Waals surface area contributed by atoms with E-state index in [0.29, 0.717) is 4.88 Å². The predicted molar refractivity (Wildman–Crippen MR) is 74.2 cm³/mol. The van der Waals surface area contributed by atoms with Crippen LogP contribution >= 0.6 is 11.3 Å². The van der Waals surface area contributed by atoms with E-state index in [0.717, 1.165) is 21.2 Å². The van der Waals surface area contributed by atoms with Crippen LogP contribution in [0.2, 0.25) is 0 Å². The number of thiophene rings is 1. The SMILES string of the molecule is O=C(O)c1cc2cc(-c3ccccc3)ccc2s1. The first-order valence-electron chi connectivity index (χ1n) is 5.56. The third kappa shape index (κ3) is 1.89. The van der Waals surface area contributed by atoms with Gasteiger partial charge in [-0.15, -0.1) is 11.3 Å². The molecule has 0 aliphatic rings. The molecule has 0 aliphatic carbocycles. The highest BCUT2D eigenvalue weighted by Gasteiger charge is 2.08. The molecule has 0 atom stereocenters. The molecule has 0 radical (unpaired) electrons. The average Bonchev–Trinajstić information content (AvgIpc) is 2.82. The number of aromatic carboxylic acids is 1. The molecule has 3 rings (SSSR count). The Morgan fingerprint density at radius 2 is 1.72 bits per heavy atom. The molecule has 0 spiro atoms. The van der Waals surface area contributed by atoms with Crippen molar-refractivity contribution < 1.29 is 9.90 Å². The molecule has 2 aromatic carbocycles. The van der Waals surface area contributed by atoms with Gasteiger partial charge in [0.25, 0.3) is 0 Å². The second kappa shape index (κ2) is 4.27. The number of carboxylic acids is 1. The standard InChI is InChI=1S/C15H10O2S/c16-15(17)14-9-12-8-11(6-7-13(12)18-14)10-4-2-1-3-5-10/h1-9H,(H,16,17). The van der Waals surface area contributed by atoms with Crippen molar-refractivity contribution in [1.29, 1.82) is 0 Å². The maximum Gasteiger partial charge on any atom is 0.345 e. The van der Waals surface area contributed by atoms with Crippen molar-refractivity contribution in [3.8, 4) is 11.1 Å². The van der Waals surface area contributed by atoms with Crippen molar-refractivity contribution in [2.45, 2.75) is 0 Å². The second-order valence-corrected chi connectivity index (χ2v) is 5.12. The molecular formula is C15H10O2S. The van der Waals surface area contributed by atoms with Gasteiger partial charge >= 0.3 is 5.97 Å². The van der Waals surface area contributed by atoms with Crippen LogP contribution in [0.5, 0.6) is 0 Å². The summed E-state index contributed by atoms with van der Waals surface area (Å²) < 4.78 is 1.01. The summed E-state index contributed by atoms with van der Waals surface area (Å²) in [4.78, 5) is 11.3. The Bertz CT molecular complexity index is 714. The first-order chi connectivity index (χ1) is 8.74. The highest BCUT2D eigenvalue weighted by atomic mass is 32.1. The predicted octanol–water partition coefficient (Wildman–Crippen LogP) is 4.27. The molecule has 18 heavy (non-hydrogen) atoms. The van der Waals surface area contributed by atoms with Gasteiger partial charge in [0.15, 0.2) is 0 Å². The van der Waals surface area contributed by atoms with Crippen LogP contribution in [0, 0.1) is 0 Å². The lowest BCUT2D eigenvalue weighted by molar-refractivity contribution is 0.0702. The van der Waals surface area contributed by atoms with Crippen LogP contribution in [-0.2, 0) is 0 Å². The normalized spacial score (nSPS) is 10.7. The topological polar surface area (TPSA) is 37.3 Å². The van der Waals surface area contributed by atoms with Crippen molar-refractivity contribution in [3.05, 3.63) is 59.5 Å². The smallest absolute Gasteiger partial charge is 0.345 e. The monoisotopic (exact) mass is 254 g/mol. The van der Waals surface area contributed by atoms with E-state index in [9.17, 15) is 4.79 Å². The number of hydrogen-bond donors (Lipinski definition) is 1. The van der Waals surface area contributed by atoms with Crippen LogP contribution in [0.1, 0.15) is 9.67 Å². The molecule has 0 fully saturated rings. The Kier molecular flexibility index (Phi) is 2.61. The fourth-order valence-electron chi connectivity index (χ4n) is 1.96. The molecule has 0 bridgehead atoms. The first-order valence-corrected chi connectivity index (χ1v) is 6.38. The number of hydrogen-bond acceptors (Lipinski definition) is 2. The Labute approximate surface area is 108 Å². The Morgan fingerprint density at radius 3 is 2.44 bits per heavy atom. The zero-order valence-corrected chi connectivity index (χ0v) is 10.3. The maximum atomic E-state index is 10.9. The number of rotatable bonds is 2. The van der Waals surface area contributed by atoms with Gasteiger partial charge in [0.05, 0.1) is 0 Å². The van der Waals surface area contributed by atoms with Crippen LogP contribution in [0.15, 0.2) is 54.6 Å². The van der Waals surface area contributed by atoms with Gasteiger partial charge in [-0.2, -0.15) is 0 Å². The summed E-state index contributed by atoms with van der Waals surface area (Å²) in [7, 11) is 0. The van der Waals surface area contributed by atoms with Gasteiger partial charge in [-0.1, -0.05) is 36.4 Å². The minimum atomic E-state index is -0.863. The summed E-state index contributed by atoms with van der Waals surface area (Å²) in [5.41, 5.74) is 2.25. The minimum absolute atomic E-state index is 0.384. The molecule has 1 aromatic heterocycles. The highest BCUT2D eigenvalue weighted by molar-refractivity contribution is 7.20. The molecule has 88 valence electrons. The Hall–Kier alpha value is -2.13. The van der Waals surface area contributed by atoms with Crippen molar-refractivity contribution in [2.24, 2.45) is 0 Å². The van der Waals surface area contributed by atoms with E-state index in [1.54, 1.807) is 6.07 Å². The van der Waals surface area contributed by atoms with Gasteiger partial charge < -0.3 is 5.11 Å². The van der Waals surface area contributed by atoms with E-state index < -0.39 is 5.97 Å². The summed E-state index contributed by atoms with van der Waals surface area (Å²) in [6, 6.07) is 17.8. The molecule has 1 N–H and O–H groups in total. The zero-order chi connectivity index (χ0) is 12.5. The van der Waals surface area contributed by atoms with Crippen LogP contribution in [0.4, 0.5) is 0 Å². The van der Waals surface area contributed by atoms with Crippen LogP contribution < -0.4 is 0 Å².